The highest BCUT2D eigenvalue weighted by Gasteiger charge is 2.36. The highest BCUT2D eigenvalue weighted by atomic mass is 32.1. The van der Waals surface area contributed by atoms with E-state index in [1.807, 2.05) is 6.92 Å². The van der Waals surface area contributed by atoms with E-state index in [0.717, 1.165) is 38.5 Å². The van der Waals surface area contributed by atoms with Crippen molar-refractivity contribution in [3.63, 3.8) is 0 Å². The maximum Gasteiger partial charge on any atom is 0.217 e. The minimum absolute atomic E-state index is 0.0149. The second-order valence-corrected chi connectivity index (χ2v) is 9.93. The summed E-state index contributed by atoms with van der Waals surface area (Å²) < 4.78 is 27.5. The number of carbonyl (C=O) groups is 1. The number of hydrogen-bond donors (Lipinski definition) is 2. The van der Waals surface area contributed by atoms with Crippen LogP contribution < -0.4 is 10.1 Å². The number of rotatable bonds is 7. The topological polar surface area (TPSA) is 80.7 Å². The summed E-state index contributed by atoms with van der Waals surface area (Å²) in [7, 11) is 0. The lowest BCUT2D eigenvalue weighted by atomic mass is 9.95. The molecule has 2 aliphatic rings. The van der Waals surface area contributed by atoms with E-state index in [9.17, 15) is 9.90 Å². The molecule has 0 unspecified atom stereocenters. The Morgan fingerprint density at radius 1 is 1.29 bits per heavy atom. The average molecular weight is 451 g/mol. The van der Waals surface area contributed by atoms with Crippen molar-refractivity contribution in [1.29, 1.82) is 0 Å². The van der Waals surface area contributed by atoms with Crippen LogP contribution in [0.5, 0.6) is 5.75 Å². The molecule has 2 N–H and O–H groups in total. The zero-order chi connectivity index (χ0) is 22.0. The summed E-state index contributed by atoms with van der Waals surface area (Å²) in [6.45, 7) is 3.91. The van der Waals surface area contributed by atoms with Gasteiger partial charge in [0, 0.05) is 13.0 Å². The van der Waals surface area contributed by atoms with Gasteiger partial charge in [-0.05, 0) is 57.6 Å². The molecule has 2 aromatic rings. The molecule has 4 rings (SSSR count). The molecule has 0 spiro atoms. The van der Waals surface area contributed by atoms with Crippen LogP contribution in [0.25, 0.3) is 10.2 Å². The highest BCUT2D eigenvalue weighted by Crippen LogP contribution is 2.43. The number of ether oxygens (including phenoxy) is 2. The van der Waals surface area contributed by atoms with Crippen molar-refractivity contribution in [1.82, 2.24) is 10.3 Å². The largest absolute Gasteiger partial charge is 0.487 e. The van der Waals surface area contributed by atoms with E-state index in [4.69, 9.17) is 9.47 Å². The minimum atomic E-state index is -0.910. The molecule has 2 fully saturated rings. The first-order chi connectivity index (χ1) is 14.8. The lowest BCUT2D eigenvalue weighted by molar-refractivity contribution is -0.120. The Morgan fingerprint density at radius 2 is 1.97 bits per heavy atom. The highest BCUT2D eigenvalue weighted by molar-refractivity contribution is 7.18. The van der Waals surface area contributed by atoms with Gasteiger partial charge in [0.2, 0.25) is 5.91 Å². The molecule has 0 bridgehead atoms. The van der Waals surface area contributed by atoms with E-state index < -0.39 is 5.60 Å². The van der Waals surface area contributed by atoms with E-state index >= 15 is 4.39 Å². The van der Waals surface area contributed by atoms with Gasteiger partial charge >= 0.3 is 0 Å². The van der Waals surface area contributed by atoms with E-state index in [0.29, 0.717) is 34.7 Å². The van der Waals surface area contributed by atoms with Crippen LogP contribution in [0.2, 0.25) is 0 Å². The summed E-state index contributed by atoms with van der Waals surface area (Å²) in [6.07, 6.45) is 6.70. The van der Waals surface area contributed by atoms with Gasteiger partial charge in [0.25, 0.3) is 0 Å². The smallest absolute Gasteiger partial charge is 0.217 e. The Kier molecular flexibility index (Phi) is 6.79. The Balaban J connectivity index is 1.34. The summed E-state index contributed by atoms with van der Waals surface area (Å²) in [5.41, 5.74) is -0.331. The maximum atomic E-state index is 15.1. The molecule has 6 nitrogen and oxygen atoms in total. The van der Waals surface area contributed by atoms with Gasteiger partial charge in [-0.15, -0.1) is 11.3 Å². The van der Waals surface area contributed by atoms with E-state index in [2.05, 4.69) is 10.3 Å². The molecule has 1 amide bonds. The number of aromatic nitrogens is 1. The van der Waals surface area contributed by atoms with Crippen LogP contribution in [0.15, 0.2) is 12.1 Å². The average Bonchev–Trinajstić information content (AvgIpc) is 3.37. The SMILES string of the molecule is CC(=O)N[C@@H](C)CO[C@H]1CC[C@H](Oc2ccc3nc(C4(O)CCCC4)sc3c2F)CC1. The normalized spacial score (nSPS) is 24.3. The predicted molar refractivity (Wildman–Crippen MR) is 118 cm³/mol. The fourth-order valence-electron chi connectivity index (χ4n) is 4.57. The van der Waals surface area contributed by atoms with Crippen LogP contribution >= 0.6 is 11.3 Å². The molecule has 0 aliphatic heterocycles. The fraction of sp³-hybridized carbons (Fsp3) is 0.652. The second kappa shape index (κ2) is 9.38. The van der Waals surface area contributed by atoms with E-state index in [1.54, 1.807) is 12.1 Å². The fourth-order valence-corrected chi connectivity index (χ4v) is 5.71. The minimum Gasteiger partial charge on any atom is -0.487 e. The Labute approximate surface area is 186 Å². The number of nitrogens with one attached hydrogen (secondary N) is 1. The molecule has 1 aromatic carbocycles. The summed E-state index contributed by atoms with van der Waals surface area (Å²) in [4.78, 5) is 15.6. The van der Waals surface area contributed by atoms with Gasteiger partial charge in [-0.3, -0.25) is 4.79 Å². The standard InChI is InChI=1S/C23H31FN2O4S/c1-14(25-15(2)27)13-29-16-5-7-17(8-6-16)30-19-10-9-18-21(20(19)24)31-22(26-18)23(28)11-3-4-12-23/h9-10,14,16-17,28H,3-8,11-13H2,1-2H3,(H,25,27)/t14-,16-,17-/m0/s1. The van der Waals surface area contributed by atoms with Crippen LogP contribution in [0, 0.1) is 5.82 Å². The monoisotopic (exact) mass is 450 g/mol. The van der Waals surface area contributed by atoms with Crippen molar-refractivity contribution in [3.05, 3.63) is 23.0 Å². The lowest BCUT2D eigenvalue weighted by Gasteiger charge is -2.30. The van der Waals surface area contributed by atoms with Gasteiger partial charge < -0.3 is 19.9 Å². The first-order valence-electron chi connectivity index (χ1n) is 11.2. The van der Waals surface area contributed by atoms with Gasteiger partial charge in [0.15, 0.2) is 11.6 Å². The lowest BCUT2D eigenvalue weighted by Crippen LogP contribution is -2.36. The van der Waals surface area contributed by atoms with Gasteiger partial charge in [-0.1, -0.05) is 12.8 Å². The van der Waals surface area contributed by atoms with Crippen LogP contribution in [0.1, 0.15) is 70.2 Å². The maximum absolute atomic E-state index is 15.1. The van der Waals surface area contributed by atoms with Gasteiger partial charge in [-0.25, -0.2) is 9.37 Å². The molecule has 1 atom stereocenters. The van der Waals surface area contributed by atoms with Crippen molar-refractivity contribution in [2.24, 2.45) is 0 Å². The van der Waals surface area contributed by atoms with Gasteiger partial charge in [0.05, 0.1) is 29.0 Å². The molecule has 1 aromatic heterocycles. The summed E-state index contributed by atoms with van der Waals surface area (Å²) in [6, 6.07) is 3.42. The molecule has 0 saturated heterocycles. The molecule has 1 heterocycles. The van der Waals surface area contributed by atoms with Gasteiger partial charge in [-0.2, -0.15) is 0 Å². The summed E-state index contributed by atoms with van der Waals surface area (Å²) >= 11 is 1.24. The third-order valence-corrected chi connectivity index (χ3v) is 7.49. The quantitative estimate of drug-likeness (QED) is 0.652. The second-order valence-electron chi connectivity index (χ2n) is 8.94. The number of thiazole rings is 1. The van der Waals surface area contributed by atoms with Crippen molar-refractivity contribution < 1.29 is 23.8 Å². The third-order valence-electron chi connectivity index (χ3n) is 6.24. The van der Waals surface area contributed by atoms with Crippen LogP contribution in [0.3, 0.4) is 0 Å². The number of benzene rings is 1. The zero-order valence-electron chi connectivity index (χ0n) is 18.2. The Hall–Kier alpha value is -1.77. The van der Waals surface area contributed by atoms with Crippen molar-refractivity contribution in [2.45, 2.75) is 89.1 Å². The van der Waals surface area contributed by atoms with Crippen LogP contribution in [-0.2, 0) is 15.1 Å². The van der Waals surface area contributed by atoms with Crippen LogP contribution in [0.4, 0.5) is 4.39 Å². The molecule has 31 heavy (non-hydrogen) atoms. The molecule has 2 saturated carbocycles. The number of amides is 1. The number of halogens is 1. The molecule has 8 heteroatoms. The molecular weight excluding hydrogens is 419 g/mol. The van der Waals surface area contributed by atoms with E-state index in [-0.39, 0.29) is 35.7 Å². The van der Waals surface area contributed by atoms with Crippen molar-refractivity contribution in [3.8, 4) is 5.75 Å². The first kappa shape index (κ1) is 22.4. The Bertz CT molecular complexity index is 920. The Morgan fingerprint density at radius 3 is 2.65 bits per heavy atom. The zero-order valence-corrected chi connectivity index (χ0v) is 19.0. The molecular formula is C23H31FN2O4S. The summed E-state index contributed by atoms with van der Waals surface area (Å²) in [5, 5.41) is 14.2. The number of carbonyl (C=O) groups excluding carboxylic acids is 1. The first-order valence-corrected chi connectivity index (χ1v) is 12.0. The number of aliphatic hydroxyl groups is 1. The van der Waals surface area contributed by atoms with Crippen molar-refractivity contribution in [2.75, 3.05) is 6.61 Å². The molecule has 170 valence electrons. The predicted octanol–water partition coefficient (Wildman–Crippen LogP) is 4.43. The van der Waals surface area contributed by atoms with Crippen LogP contribution in [-0.4, -0.2) is 40.9 Å². The van der Waals surface area contributed by atoms with Gasteiger partial charge in [0.1, 0.15) is 10.6 Å². The van der Waals surface area contributed by atoms with Crippen molar-refractivity contribution >= 4 is 27.5 Å². The van der Waals surface area contributed by atoms with E-state index in [1.165, 1.54) is 18.3 Å². The molecule has 2 aliphatic carbocycles. The third kappa shape index (κ3) is 5.18. The number of nitrogens with zero attached hydrogens (tertiary/aromatic N) is 1. The number of fused-ring (bicyclic) bond motifs is 1. The molecule has 0 radical (unpaired) electrons. The number of hydrogen-bond acceptors (Lipinski definition) is 6. The summed E-state index contributed by atoms with van der Waals surface area (Å²) in [5.74, 6) is -0.187.